The van der Waals surface area contributed by atoms with Gasteiger partial charge in [-0.25, -0.2) is 4.99 Å². The zero-order chi connectivity index (χ0) is 18.2. The van der Waals surface area contributed by atoms with Crippen LogP contribution in [0.4, 0.5) is 5.69 Å². The van der Waals surface area contributed by atoms with E-state index in [2.05, 4.69) is 46.3 Å². The molecular formula is C19H31N5O. The van der Waals surface area contributed by atoms with Crippen molar-refractivity contribution < 1.29 is 4.79 Å². The van der Waals surface area contributed by atoms with Gasteiger partial charge in [-0.05, 0) is 43.4 Å². The van der Waals surface area contributed by atoms with Gasteiger partial charge in [-0.1, -0.05) is 12.1 Å². The van der Waals surface area contributed by atoms with Crippen LogP contribution in [0.5, 0.6) is 0 Å². The van der Waals surface area contributed by atoms with Crippen molar-refractivity contribution in [2.24, 2.45) is 16.6 Å². The van der Waals surface area contributed by atoms with Crippen molar-refractivity contribution >= 4 is 17.6 Å². The number of benzene rings is 1. The van der Waals surface area contributed by atoms with Crippen molar-refractivity contribution in [3.05, 3.63) is 29.8 Å². The molecule has 1 aliphatic rings. The number of carbonyl (C=O) groups is 1. The third-order valence-corrected chi connectivity index (χ3v) is 4.51. The van der Waals surface area contributed by atoms with E-state index in [1.807, 2.05) is 14.1 Å². The number of aliphatic imine (C=N–C) groups is 1. The summed E-state index contributed by atoms with van der Waals surface area (Å²) in [7, 11) is 4.07. The Morgan fingerprint density at radius 1 is 1.36 bits per heavy atom. The first-order valence-electron chi connectivity index (χ1n) is 9.07. The Kier molecular flexibility index (Phi) is 7.10. The third kappa shape index (κ3) is 5.96. The first-order chi connectivity index (χ1) is 12.0. The summed E-state index contributed by atoms with van der Waals surface area (Å²) < 4.78 is 0. The van der Waals surface area contributed by atoms with Gasteiger partial charge in [-0.3, -0.25) is 4.79 Å². The molecule has 1 heterocycles. The van der Waals surface area contributed by atoms with E-state index >= 15 is 0 Å². The second-order valence-corrected chi connectivity index (χ2v) is 6.86. The SMILES string of the molecule is CCNC(=NCc1ccc(N(C)C)cc1)N1CCCC(CC(N)=O)C1. The number of carbonyl (C=O) groups excluding carboxylic acids is 1. The zero-order valence-corrected chi connectivity index (χ0v) is 15.7. The molecule has 1 unspecified atom stereocenters. The van der Waals surface area contributed by atoms with Crippen molar-refractivity contribution in [2.75, 3.05) is 38.6 Å². The lowest BCUT2D eigenvalue weighted by Crippen LogP contribution is -2.47. The van der Waals surface area contributed by atoms with Crippen LogP contribution >= 0.6 is 0 Å². The number of rotatable bonds is 6. The molecule has 25 heavy (non-hydrogen) atoms. The minimum absolute atomic E-state index is 0.213. The van der Waals surface area contributed by atoms with E-state index in [1.165, 1.54) is 11.3 Å². The molecule has 0 bridgehead atoms. The van der Waals surface area contributed by atoms with Gasteiger partial charge in [0.25, 0.3) is 0 Å². The molecule has 0 saturated carbocycles. The second-order valence-electron chi connectivity index (χ2n) is 6.86. The number of nitrogens with one attached hydrogen (secondary N) is 1. The summed E-state index contributed by atoms with van der Waals surface area (Å²) in [6.07, 6.45) is 2.59. The Morgan fingerprint density at radius 3 is 2.68 bits per heavy atom. The predicted molar refractivity (Wildman–Crippen MR) is 104 cm³/mol. The monoisotopic (exact) mass is 345 g/mol. The Balaban J connectivity index is 2.03. The molecule has 2 rings (SSSR count). The van der Waals surface area contributed by atoms with Crippen LogP contribution in [0.2, 0.25) is 0 Å². The van der Waals surface area contributed by atoms with Gasteiger partial charge in [0.05, 0.1) is 6.54 Å². The van der Waals surface area contributed by atoms with Crippen molar-refractivity contribution in [2.45, 2.75) is 32.7 Å². The van der Waals surface area contributed by atoms with Crippen molar-refractivity contribution in [1.29, 1.82) is 0 Å². The van der Waals surface area contributed by atoms with E-state index in [1.54, 1.807) is 0 Å². The molecule has 0 spiro atoms. The number of hydrogen-bond acceptors (Lipinski definition) is 3. The number of nitrogens with two attached hydrogens (primary N) is 1. The molecule has 1 saturated heterocycles. The maximum absolute atomic E-state index is 11.2. The van der Waals surface area contributed by atoms with Crippen LogP contribution in [-0.4, -0.2) is 50.5 Å². The highest BCUT2D eigenvalue weighted by molar-refractivity contribution is 5.80. The van der Waals surface area contributed by atoms with E-state index in [4.69, 9.17) is 10.7 Å². The maximum atomic E-state index is 11.2. The fraction of sp³-hybridized carbons (Fsp3) is 0.579. The molecule has 138 valence electrons. The van der Waals surface area contributed by atoms with Gasteiger partial charge in [0.15, 0.2) is 5.96 Å². The molecule has 6 heteroatoms. The van der Waals surface area contributed by atoms with Crippen LogP contribution in [0.3, 0.4) is 0 Å². The Bertz CT molecular complexity index is 582. The quantitative estimate of drug-likeness (QED) is 0.609. The first kappa shape index (κ1) is 19.1. The number of hydrogen-bond donors (Lipinski definition) is 2. The van der Waals surface area contributed by atoms with Crippen LogP contribution in [0.15, 0.2) is 29.3 Å². The molecule has 0 aliphatic carbocycles. The fourth-order valence-electron chi connectivity index (χ4n) is 3.20. The summed E-state index contributed by atoms with van der Waals surface area (Å²) in [5.74, 6) is 1.04. The lowest BCUT2D eigenvalue weighted by Gasteiger charge is -2.34. The van der Waals surface area contributed by atoms with Crippen LogP contribution < -0.4 is 16.0 Å². The first-order valence-corrected chi connectivity index (χ1v) is 9.07. The number of likely N-dealkylation sites (tertiary alicyclic amines) is 1. The number of nitrogens with zero attached hydrogens (tertiary/aromatic N) is 3. The Labute approximate surface area is 151 Å². The minimum Gasteiger partial charge on any atom is -0.378 e. The summed E-state index contributed by atoms with van der Waals surface area (Å²) >= 11 is 0. The van der Waals surface area contributed by atoms with Gasteiger partial charge in [0.1, 0.15) is 0 Å². The summed E-state index contributed by atoms with van der Waals surface area (Å²) in [6.45, 7) is 5.36. The molecule has 0 aromatic heterocycles. The van der Waals surface area contributed by atoms with E-state index < -0.39 is 0 Å². The van der Waals surface area contributed by atoms with Crippen LogP contribution in [0, 0.1) is 5.92 Å². The lowest BCUT2D eigenvalue weighted by molar-refractivity contribution is -0.119. The molecule has 6 nitrogen and oxygen atoms in total. The zero-order valence-electron chi connectivity index (χ0n) is 15.7. The van der Waals surface area contributed by atoms with Crippen LogP contribution in [-0.2, 0) is 11.3 Å². The summed E-state index contributed by atoms with van der Waals surface area (Å²) in [6, 6.07) is 8.46. The summed E-state index contributed by atoms with van der Waals surface area (Å²) in [4.78, 5) is 20.4. The maximum Gasteiger partial charge on any atom is 0.217 e. The highest BCUT2D eigenvalue weighted by Gasteiger charge is 2.23. The Hall–Kier alpha value is -2.24. The largest absolute Gasteiger partial charge is 0.378 e. The van der Waals surface area contributed by atoms with Crippen molar-refractivity contribution in [3.63, 3.8) is 0 Å². The molecular weight excluding hydrogens is 314 g/mol. The number of piperidine rings is 1. The number of primary amides is 1. The summed E-state index contributed by atoms with van der Waals surface area (Å²) in [5.41, 5.74) is 7.74. The molecule has 1 aromatic rings. The topological polar surface area (TPSA) is 74.0 Å². The van der Waals surface area contributed by atoms with E-state index in [0.717, 1.165) is 38.4 Å². The van der Waals surface area contributed by atoms with E-state index in [-0.39, 0.29) is 5.91 Å². The number of anilines is 1. The normalized spacial score (nSPS) is 18.1. The van der Waals surface area contributed by atoms with Crippen molar-refractivity contribution in [1.82, 2.24) is 10.2 Å². The third-order valence-electron chi connectivity index (χ3n) is 4.51. The highest BCUT2D eigenvalue weighted by Crippen LogP contribution is 2.20. The lowest BCUT2D eigenvalue weighted by atomic mass is 9.95. The molecule has 1 aliphatic heterocycles. The standard InChI is InChI=1S/C19H31N5O/c1-4-21-19(24-11-5-6-16(14-24)12-18(20)25)22-13-15-7-9-17(10-8-15)23(2)3/h7-10,16H,4-6,11-14H2,1-3H3,(H2,20,25)(H,21,22). The van der Waals surface area contributed by atoms with Crippen LogP contribution in [0.1, 0.15) is 31.7 Å². The van der Waals surface area contributed by atoms with Crippen LogP contribution in [0.25, 0.3) is 0 Å². The average molecular weight is 345 g/mol. The molecule has 1 fully saturated rings. The smallest absolute Gasteiger partial charge is 0.217 e. The molecule has 0 radical (unpaired) electrons. The van der Waals surface area contributed by atoms with Gasteiger partial charge >= 0.3 is 0 Å². The average Bonchev–Trinajstić information content (AvgIpc) is 2.58. The molecule has 3 N–H and O–H groups in total. The number of guanidine groups is 1. The highest BCUT2D eigenvalue weighted by atomic mass is 16.1. The van der Waals surface area contributed by atoms with Gasteiger partial charge in [-0.15, -0.1) is 0 Å². The fourth-order valence-corrected chi connectivity index (χ4v) is 3.20. The number of amides is 1. The molecule has 1 amide bonds. The Morgan fingerprint density at radius 2 is 2.08 bits per heavy atom. The second kappa shape index (κ2) is 9.30. The van der Waals surface area contributed by atoms with E-state index in [0.29, 0.717) is 18.9 Å². The predicted octanol–water partition coefficient (Wildman–Crippen LogP) is 1.81. The van der Waals surface area contributed by atoms with Gasteiger partial charge in [-0.2, -0.15) is 0 Å². The van der Waals surface area contributed by atoms with Gasteiger partial charge in [0, 0.05) is 45.8 Å². The minimum atomic E-state index is -0.213. The van der Waals surface area contributed by atoms with Gasteiger partial charge in [0.2, 0.25) is 5.91 Å². The molecule has 1 aromatic carbocycles. The van der Waals surface area contributed by atoms with Crippen molar-refractivity contribution in [3.8, 4) is 0 Å². The van der Waals surface area contributed by atoms with E-state index in [9.17, 15) is 4.79 Å². The van der Waals surface area contributed by atoms with Gasteiger partial charge < -0.3 is 20.9 Å². The molecule has 1 atom stereocenters. The summed E-state index contributed by atoms with van der Waals surface area (Å²) in [5, 5.41) is 3.38.